The fourth-order valence-electron chi connectivity index (χ4n) is 3.31. The molecule has 0 bridgehead atoms. The van der Waals surface area contributed by atoms with E-state index in [0.717, 1.165) is 33.7 Å². The lowest BCUT2D eigenvalue weighted by molar-refractivity contribution is -0.111. The number of pyridine rings is 1. The lowest BCUT2D eigenvalue weighted by Crippen LogP contribution is -2.09. The highest BCUT2D eigenvalue weighted by molar-refractivity contribution is 6.31. The topological polar surface area (TPSA) is 46.4 Å². The average molecular weight is 416 g/mol. The van der Waals surface area contributed by atoms with E-state index < -0.39 is 0 Å². The second kappa shape index (κ2) is 8.17. The van der Waals surface area contributed by atoms with Gasteiger partial charge >= 0.3 is 0 Å². The largest absolute Gasteiger partial charge is 0.322 e. The number of amides is 1. The summed E-state index contributed by atoms with van der Waals surface area (Å²) in [6, 6.07) is 17.7. The van der Waals surface area contributed by atoms with Crippen LogP contribution in [0.25, 0.3) is 23.0 Å². The van der Waals surface area contributed by atoms with Crippen LogP contribution in [-0.4, -0.2) is 15.3 Å². The summed E-state index contributed by atoms with van der Waals surface area (Å²) in [7, 11) is 0. The van der Waals surface area contributed by atoms with Gasteiger partial charge in [-0.25, -0.2) is 4.98 Å². The lowest BCUT2D eigenvalue weighted by Gasteiger charge is -2.07. The molecule has 0 atom stereocenters. The van der Waals surface area contributed by atoms with Crippen LogP contribution >= 0.6 is 11.6 Å². The van der Waals surface area contributed by atoms with Gasteiger partial charge in [0.1, 0.15) is 5.65 Å². The van der Waals surface area contributed by atoms with Crippen molar-refractivity contribution in [2.24, 2.45) is 0 Å². The summed E-state index contributed by atoms with van der Waals surface area (Å²) in [6.45, 7) is 6.02. The number of carbonyl (C=O) groups excluding carboxylic acids is 1. The third-order valence-electron chi connectivity index (χ3n) is 4.99. The van der Waals surface area contributed by atoms with Crippen molar-refractivity contribution in [1.29, 1.82) is 0 Å². The molecule has 0 saturated heterocycles. The Hall–Kier alpha value is -3.37. The van der Waals surface area contributed by atoms with E-state index in [9.17, 15) is 4.79 Å². The maximum absolute atomic E-state index is 12.6. The first kappa shape index (κ1) is 19.9. The summed E-state index contributed by atoms with van der Waals surface area (Å²) in [6.07, 6.45) is 5.31. The number of anilines is 1. The highest BCUT2D eigenvalue weighted by Gasteiger charge is 2.13. The first-order valence-corrected chi connectivity index (χ1v) is 10.1. The molecule has 30 heavy (non-hydrogen) atoms. The lowest BCUT2D eigenvalue weighted by atomic mass is 10.1. The van der Waals surface area contributed by atoms with Crippen LogP contribution in [0.1, 0.15) is 22.4 Å². The van der Waals surface area contributed by atoms with Crippen LogP contribution < -0.4 is 5.32 Å². The minimum Gasteiger partial charge on any atom is -0.322 e. The quantitative estimate of drug-likeness (QED) is 0.401. The number of nitrogens with one attached hydrogen (secondary N) is 1. The van der Waals surface area contributed by atoms with Gasteiger partial charge in [0, 0.05) is 28.5 Å². The van der Waals surface area contributed by atoms with E-state index in [1.165, 1.54) is 11.6 Å². The molecule has 0 fully saturated rings. The Kier molecular flexibility index (Phi) is 5.42. The van der Waals surface area contributed by atoms with Crippen molar-refractivity contribution in [3.05, 3.63) is 94.3 Å². The number of halogens is 1. The van der Waals surface area contributed by atoms with Crippen molar-refractivity contribution < 1.29 is 4.79 Å². The summed E-state index contributed by atoms with van der Waals surface area (Å²) in [5.41, 5.74) is 7.51. The summed E-state index contributed by atoms with van der Waals surface area (Å²) in [4.78, 5) is 17.4. The fraction of sp³-hybridized carbons (Fsp3) is 0.120. The number of aromatic nitrogens is 2. The van der Waals surface area contributed by atoms with Gasteiger partial charge in [0.15, 0.2) is 0 Å². The van der Waals surface area contributed by atoms with Crippen molar-refractivity contribution in [1.82, 2.24) is 9.38 Å². The molecule has 2 aromatic heterocycles. The van der Waals surface area contributed by atoms with Crippen molar-refractivity contribution in [2.75, 3.05) is 5.32 Å². The van der Waals surface area contributed by atoms with E-state index in [1.807, 2.05) is 42.6 Å². The Labute approximate surface area is 180 Å². The van der Waals surface area contributed by atoms with Gasteiger partial charge in [0.2, 0.25) is 5.91 Å². The zero-order valence-corrected chi connectivity index (χ0v) is 17.9. The minimum atomic E-state index is -0.225. The molecule has 0 unspecified atom stereocenters. The standard InChI is InChI=1S/C25H22ClN3O/c1-16-4-7-19(8-5-16)25-22(29-13-12-17(2)14-23(29)28-25)10-11-24(30)27-21-15-20(26)9-6-18(21)3/h4-15H,1-3H3,(H,27,30)/b11-10+. The van der Waals surface area contributed by atoms with E-state index in [0.29, 0.717) is 10.7 Å². The molecule has 0 spiro atoms. The number of carbonyl (C=O) groups is 1. The predicted molar refractivity (Wildman–Crippen MR) is 124 cm³/mol. The van der Waals surface area contributed by atoms with Gasteiger partial charge < -0.3 is 5.32 Å². The zero-order valence-electron chi connectivity index (χ0n) is 17.1. The van der Waals surface area contributed by atoms with Crippen LogP contribution in [0.15, 0.2) is 66.9 Å². The highest BCUT2D eigenvalue weighted by Crippen LogP contribution is 2.27. The van der Waals surface area contributed by atoms with E-state index in [1.54, 1.807) is 18.2 Å². The third-order valence-corrected chi connectivity index (χ3v) is 5.23. The van der Waals surface area contributed by atoms with Gasteiger partial charge in [-0.1, -0.05) is 47.5 Å². The van der Waals surface area contributed by atoms with E-state index in [2.05, 4.69) is 36.5 Å². The normalized spacial score (nSPS) is 11.3. The summed E-state index contributed by atoms with van der Waals surface area (Å²) >= 11 is 6.06. The zero-order chi connectivity index (χ0) is 21.3. The number of rotatable bonds is 4. The van der Waals surface area contributed by atoms with Crippen LogP contribution in [0.5, 0.6) is 0 Å². The molecule has 2 heterocycles. The molecule has 0 aliphatic carbocycles. The molecule has 0 aliphatic rings. The molecule has 1 N–H and O–H groups in total. The Morgan fingerprint density at radius 3 is 2.53 bits per heavy atom. The summed E-state index contributed by atoms with van der Waals surface area (Å²) < 4.78 is 2.00. The predicted octanol–water partition coefficient (Wildman–Crippen LogP) is 6.23. The Morgan fingerprint density at radius 1 is 1.00 bits per heavy atom. The molecule has 4 rings (SSSR count). The van der Waals surface area contributed by atoms with Gasteiger partial charge in [-0.15, -0.1) is 0 Å². The SMILES string of the molecule is Cc1ccc(-c2nc3cc(C)ccn3c2/C=C/C(=O)Nc2cc(Cl)ccc2C)cc1. The molecular weight excluding hydrogens is 394 g/mol. The fourth-order valence-corrected chi connectivity index (χ4v) is 3.48. The van der Waals surface area contributed by atoms with Gasteiger partial charge in [-0.3, -0.25) is 9.20 Å². The van der Waals surface area contributed by atoms with E-state index in [-0.39, 0.29) is 5.91 Å². The number of benzene rings is 2. The first-order chi connectivity index (χ1) is 14.4. The molecule has 4 aromatic rings. The monoisotopic (exact) mass is 415 g/mol. The molecular formula is C25H22ClN3O. The van der Waals surface area contributed by atoms with Crippen LogP contribution in [-0.2, 0) is 4.79 Å². The second-order valence-corrected chi connectivity index (χ2v) is 7.86. The number of hydrogen-bond acceptors (Lipinski definition) is 2. The maximum atomic E-state index is 12.6. The summed E-state index contributed by atoms with van der Waals surface area (Å²) in [5, 5.41) is 3.48. The van der Waals surface area contributed by atoms with E-state index >= 15 is 0 Å². The van der Waals surface area contributed by atoms with Crippen molar-refractivity contribution in [2.45, 2.75) is 20.8 Å². The molecule has 150 valence electrons. The maximum Gasteiger partial charge on any atom is 0.248 e. The molecule has 0 saturated carbocycles. The minimum absolute atomic E-state index is 0.225. The molecule has 1 amide bonds. The number of nitrogens with zero attached hydrogens (tertiary/aromatic N) is 2. The van der Waals surface area contributed by atoms with Crippen LogP contribution in [0.4, 0.5) is 5.69 Å². The Bertz CT molecular complexity index is 1270. The second-order valence-electron chi connectivity index (χ2n) is 7.43. The van der Waals surface area contributed by atoms with Crippen LogP contribution in [0, 0.1) is 20.8 Å². The molecule has 5 heteroatoms. The average Bonchev–Trinajstić information content (AvgIpc) is 3.07. The van der Waals surface area contributed by atoms with Gasteiger partial charge in [-0.05, 0) is 62.2 Å². The third kappa shape index (κ3) is 4.14. The molecule has 4 nitrogen and oxygen atoms in total. The molecule has 2 aromatic carbocycles. The first-order valence-electron chi connectivity index (χ1n) is 9.72. The van der Waals surface area contributed by atoms with Gasteiger partial charge in [0.05, 0.1) is 11.4 Å². The smallest absolute Gasteiger partial charge is 0.248 e. The highest BCUT2D eigenvalue weighted by atomic mass is 35.5. The van der Waals surface area contributed by atoms with Crippen LogP contribution in [0.3, 0.4) is 0 Å². The van der Waals surface area contributed by atoms with Crippen molar-refractivity contribution >= 4 is 34.9 Å². The number of hydrogen-bond donors (Lipinski definition) is 1. The van der Waals surface area contributed by atoms with Crippen LogP contribution in [0.2, 0.25) is 5.02 Å². The Morgan fingerprint density at radius 2 is 1.77 bits per heavy atom. The van der Waals surface area contributed by atoms with Gasteiger partial charge in [-0.2, -0.15) is 0 Å². The van der Waals surface area contributed by atoms with E-state index in [4.69, 9.17) is 16.6 Å². The molecule has 0 aliphatic heterocycles. The summed E-state index contributed by atoms with van der Waals surface area (Å²) in [5.74, 6) is -0.225. The molecule has 0 radical (unpaired) electrons. The van der Waals surface area contributed by atoms with Crippen molar-refractivity contribution in [3.63, 3.8) is 0 Å². The number of fused-ring (bicyclic) bond motifs is 1. The number of aryl methyl sites for hydroxylation is 3. The number of imidazole rings is 1. The Balaban J connectivity index is 1.71. The van der Waals surface area contributed by atoms with Crippen molar-refractivity contribution in [3.8, 4) is 11.3 Å². The van der Waals surface area contributed by atoms with Gasteiger partial charge in [0.25, 0.3) is 0 Å².